The second kappa shape index (κ2) is 40.2. The van der Waals surface area contributed by atoms with Crippen LogP contribution in [0.3, 0.4) is 0 Å². The quantitative estimate of drug-likeness (QED) is 0.0422. The third-order valence-corrected chi connectivity index (χ3v) is 68.0. The van der Waals surface area contributed by atoms with Crippen molar-refractivity contribution in [3.63, 3.8) is 0 Å². The molecule has 0 aliphatic rings. The van der Waals surface area contributed by atoms with Crippen molar-refractivity contribution in [3.8, 4) is 0 Å². The summed E-state index contributed by atoms with van der Waals surface area (Å²) in [5.41, 5.74) is 0. The summed E-state index contributed by atoms with van der Waals surface area (Å²) in [6.45, 7) is 45.4. The van der Waals surface area contributed by atoms with E-state index in [-0.39, 0.29) is 36.9 Å². The van der Waals surface area contributed by atoms with Crippen LogP contribution in [0.1, 0.15) is 240 Å². The van der Waals surface area contributed by atoms with Gasteiger partial charge in [-0.05, 0) is 0 Å². The normalized spacial score (nSPS) is 13.1. The SMILES string of the molecule is CCC[Si](CCC)(CCC)[C-]([Si](CCC)(CCC)CCC)[Si](CCC)(CCC)CCC.CCC[Si](CCC)(CCC)[C-]([Si](CCC)(CCC)CCC)[Si](CCC)(CCC)CCC.[Lu]. The van der Waals surface area contributed by atoms with E-state index in [1.54, 1.807) is 109 Å². The van der Waals surface area contributed by atoms with Gasteiger partial charge in [-0.25, -0.2) is 0 Å². The first-order valence-corrected chi connectivity index (χ1v) is 45.3. The molecule has 0 aromatic heterocycles. The maximum Gasteiger partial charge on any atom is 0 e. The molecule has 0 aliphatic carbocycles. The van der Waals surface area contributed by atoms with Crippen LogP contribution in [0, 0.1) is 46.5 Å². The van der Waals surface area contributed by atoms with Gasteiger partial charge in [0, 0.05) is 36.9 Å². The molecule has 7 heteroatoms. The Balaban J connectivity index is -0.00000112. The Labute approximate surface area is 439 Å². The van der Waals surface area contributed by atoms with Gasteiger partial charge in [0.05, 0.1) is 0 Å². The van der Waals surface area contributed by atoms with Crippen molar-refractivity contribution in [2.45, 2.75) is 349 Å². The van der Waals surface area contributed by atoms with E-state index in [4.69, 9.17) is 0 Å². The van der Waals surface area contributed by atoms with Crippen molar-refractivity contribution in [1.29, 1.82) is 0 Å². The Hall–Kier alpha value is 2.54. The molecule has 0 amide bonds. The summed E-state index contributed by atoms with van der Waals surface area (Å²) in [4.78, 5) is 5.07. The molecule has 0 aromatic rings. The van der Waals surface area contributed by atoms with E-state index in [1.165, 1.54) is 116 Å². The molecule has 0 aromatic carbocycles. The zero-order chi connectivity index (χ0) is 47.6. The molecule has 0 unspecified atom stereocenters. The third-order valence-electron chi connectivity index (χ3n) is 16.3. The topological polar surface area (TPSA) is 0 Å². The van der Waals surface area contributed by atoms with E-state index >= 15 is 0 Å². The van der Waals surface area contributed by atoms with Gasteiger partial charge in [-0.15, -0.1) is 0 Å². The molecule has 0 fully saturated rings. The summed E-state index contributed by atoms with van der Waals surface area (Å²) < 4.78 is 0. The van der Waals surface area contributed by atoms with Crippen LogP contribution in [0.2, 0.25) is 109 Å². The van der Waals surface area contributed by atoms with Crippen molar-refractivity contribution in [2.24, 2.45) is 0 Å². The zero-order valence-electron chi connectivity index (χ0n) is 47.7. The van der Waals surface area contributed by atoms with Gasteiger partial charge >= 0.3 is 0 Å². The third kappa shape index (κ3) is 20.7. The van der Waals surface area contributed by atoms with E-state index in [0.717, 1.165) is 0 Å². The number of rotatable bonds is 42. The van der Waals surface area contributed by atoms with Gasteiger partial charge in [0.1, 0.15) is 0 Å². The minimum absolute atomic E-state index is 0. The molecule has 0 heterocycles. The first kappa shape index (κ1) is 69.8. The maximum absolute atomic E-state index is 2.54. The number of hydrogen-bond donors (Lipinski definition) is 0. The van der Waals surface area contributed by atoms with Crippen LogP contribution in [0.25, 0.3) is 0 Å². The van der Waals surface area contributed by atoms with Crippen LogP contribution in [0.4, 0.5) is 0 Å². The second-order valence-electron chi connectivity index (χ2n) is 21.9. The Bertz CT molecular complexity index is 701. The predicted molar refractivity (Wildman–Crippen MR) is 313 cm³/mol. The fourth-order valence-corrected chi connectivity index (χ4v) is 83.2. The minimum atomic E-state index is -1.38. The van der Waals surface area contributed by atoms with Gasteiger partial charge in [0.15, 0.2) is 0 Å². The zero-order valence-corrected chi connectivity index (χ0v) is 55.4. The molecule has 0 saturated carbocycles. The molecule has 0 atom stereocenters. The van der Waals surface area contributed by atoms with Crippen molar-refractivity contribution in [2.75, 3.05) is 0 Å². The predicted octanol–water partition coefficient (Wildman–Crippen LogP) is 22.4. The van der Waals surface area contributed by atoms with Crippen LogP contribution in [-0.2, 0) is 0 Å². The standard InChI is InChI=1S/2C28H63Si3.Lu/c2*1-10-19-29(20-11-2,21-12-3)28(30(22-13-4,23-14-5)24-15-6)31(25-16-7,26-17-8)27-18-9;/h2*10-27H2,1-9H3;/q2*-1;. The molecule has 0 aliphatic heterocycles. The maximum atomic E-state index is 2.54. The molecule has 0 nitrogen and oxygen atoms in total. The van der Waals surface area contributed by atoms with Crippen molar-refractivity contribution in [1.82, 2.24) is 0 Å². The van der Waals surface area contributed by atoms with Gasteiger partial charge < -0.3 is 9.58 Å². The van der Waals surface area contributed by atoms with E-state index < -0.39 is 48.4 Å². The van der Waals surface area contributed by atoms with Crippen LogP contribution in [0.15, 0.2) is 0 Å². The van der Waals surface area contributed by atoms with Gasteiger partial charge in [0.2, 0.25) is 0 Å². The second-order valence-corrected chi connectivity index (χ2v) is 52.3. The van der Waals surface area contributed by atoms with Crippen LogP contribution in [-0.4, -0.2) is 48.4 Å². The molecule has 0 spiro atoms. The molecular formula is C56H126LuSi6-2. The molecular weight excluding hydrogens is 1020 g/mol. The largest absolute Gasteiger partial charge is 0.309 e. The Morgan fingerprint density at radius 2 is 0.222 bits per heavy atom. The van der Waals surface area contributed by atoms with E-state index in [1.807, 2.05) is 0 Å². The smallest absolute Gasteiger partial charge is 0 e. The van der Waals surface area contributed by atoms with E-state index in [9.17, 15) is 0 Å². The summed E-state index contributed by atoms with van der Waals surface area (Å²) in [6, 6.07) is 29.3. The molecule has 0 saturated heterocycles. The monoisotopic (exact) mass is 1140 g/mol. The van der Waals surface area contributed by atoms with E-state index in [0.29, 0.717) is 0 Å². The Kier molecular flexibility index (Phi) is 44.5. The van der Waals surface area contributed by atoms with Crippen molar-refractivity contribution >= 4 is 48.4 Å². The van der Waals surface area contributed by atoms with Crippen LogP contribution in [0.5, 0.6) is 0 Å². The van der Waals surface area contributed by atoms with E-state index in [2.05, 4.69) is 134 Å². The fourth-order valence-electron chi connectivity index (χ4n) is 16.5. The molecule has 1 radical (unpaired) electrons. The molecule has 0 bridgehead atoms. The average molecular weight is 1140 g/mol. The van der Waals surface area contributed by atoms with Crippen LogP contribution < -0.4 is 0 Å². The van der Waals surface area contributed by atoms with Crippen molar-refractivity contribution in [3.05, 3.63) is 9.58 Å². The van der Waals surface area contributed by atoms with Gasteiger partial charge in [-0.3, -0.25) is 0 Å². The first-order valence-electron chi connectivity index (χ1n) is 29.6. The summed E-state index contributed by atoms with van der Waals surface area (Å²) in [6.07, 6.45) is 26.0. The number of hydrogen-bond acceptors (Lipinski definition) is 0. The Morgan fingerprint density at radius 1 is 0.159 bits per heavy atom. The fraction of sp³-hybridized carbons (Fsp3) is 0.964. The Morgan fingerprint density at radius 3 is 0.270 bits per heavy atom. The summed E-state index contributed by atoms with van der Waals surface area (Å²) >= 11 is 0. The summed E-state index contributed by atoms with van der Waals surface area (Å²) in [5.74, 6) is 0. The summed E-state index contributed by atoms with van der Waals surface area (Å²) in [7, 11) is -8.27. The summed E-state index contributed by atoms with van der Waals surface area (Å²) in [5, 5.41) is 0. The van der Waals surface area contributed by atoms with Crippen LogP contribution >= 0.6 is 0 Å². The molecule has 63 heavy (non-hydrogen) atoms. The molecule has 0 N–H and O–H groups in total. The van der Waals surface area contributed by atoms with Gasteiger partial charge in [0.25, 0.3) is 0 Å². The minimum Gasteiger partial charge on any atom is -0.309 e. The average Bonchev–Trinajstić information content (AvgIpc) is 3.20. The van der Waals surface area contributed by atoms with Gasteiger partial charge in [-0.2, -0.15) is 0 Å². The van der Waals surface area contributed by atoms with Crippen molar-refractivity contribution < 1.29 is 36.9 Å². The first-order chi connectivity index (χ1) is 29.8. The molecule has 0 rings (SSSR count). The van der Waals surface area contributed by atoms with Gasteiger partial charge in [-0.1, -0.05) is 397 Å². The molecule has 391 valence electrons.